The Kier molecular flexibility index (Phi) is 11.4. The number of anilines is 1. The molecule has 44 heavy (non-hydrogen) atoms. The minimum absolute atomic E-state index is 0.0632. The van der Waals surface area contributed by atoms with Crippen LogP contribution in [0.5, 0.6) is 11.5 Å². The molecule has 1 fully saturated rings. The van der Waals surface area contributed by atoms with Crippen LogP contribution in [0.1, 0.15) is 13.3 Å². The van der Waals surface area contributed by atoms with Crippen molar-refractivity contribution < 1.29 is 23.7 Å². The Hall–Kier alpha value is -3.42. The van der Waals surface area contributed by atoms with Crippen molar-refractivity contribution in [3.8, 4) is 22.6 Å². The second-order valence-electron chi connectivity index (χ2n) is 10.3. The molecule has 0 saturated carbocycles. The monoisotopic (exact) mass is 648 g/mol. The van der Waals surface area contributed by atoms with Crippen LogP contribution in [0.25, 0.3) is 22.2 Å². The molecule has 0 aliphatic carbocycles. The van der Waals surface area contributed by atoms with Gasteiger partial charge in [-0.3, -0.25) is 19.1 Å². The highest BCUT2D eigenvalue weighted by Crippen LogP contribution is 2.45. The maximum atomic E-state index is 14.2. The molecule has 12 nitrogen and oxygen atoms in total. The van der Waals surface area contributed by atoms with Crippen LogP contribution in [-0.4, -0.2) is 104 Å². The molecule has 0 spiro atoms. The molecule has 1 aliphatic rings. The minimum atomic E-state index is -0.534. The van der Waals surface area contributed by atoms with Gasteiger partial charge in [0.1, 0.15) is 17.1 Å². The number of aromatic nitrogens is 3. The maximum Gasteiger partial charge on any atom is 0.260 e. The highest BCUT2D eigenvalue weighted by Gasteiger charge is 2.24. The summed E-state index contributed by atoms with van der Waals surface area (Å²) in [5, 5.41) is 4.18. The number of hydrogen-bond acceptors (Lipinski definition) is 10. The van der Waals surface area contributed by atoms with Crippen molar-refractivity contribution in [1.82, 2.24) is 24.3 Å². The number of nitrogens with zero attached hydrogens (tertiary/aromatic N) is 5. The van der Waals surface area contributed by atoms with Gasteiger partial charge in [-0.1, -0.05) is 29.8 Å². The number of pyridine rings is 1. The Morgan fingerprint density at radius 3 is 2.25 bits per heavy atom. The van der Waals surface area contributed by atoms with Gasteiger partial charge in [0, 0.05) is 70.2 Å². The van der Waals surface area contributed by atoms with Gasteiger partial charge >= 0.3 is 0 Å². The number of aryl methyl sites for hydroxylation is 1. The van der Waals surface area contributed by atoms with Gasteiger partial charge in [-0.2, -0.15) is 4.98 Å². The number of amides is 1. The second kappa shape index (κ2) is 15.0. The SMILES string of the molecule is C=CC(=O)N1CCN(CCCn2c(=O)c(-c3c(Cl)c(OC)cc(OC)c3Cl)cc3cnc(NC(C)C(OC)OC)nc32)CC1. The largest absolute Gasteiger partial charge is 0.495 e. The Labute approximate surface area is 266 Å². The highest BCUT2D eigenvalue weighted by atomic mass is 35.5. The number of fused-ring (bicyclic) bond motifs is 1. The number of rotatable bonds is 13. The van der Waals surface area contributed by atoms with Crippen LogP contribution in [0.3, 0.4) is 0 Å². The molecular weight excluding hydrogens is 611 g/mol. The Balaban J connectivity index is 1.74. The third-order valence-corrected chi connectivity index (χ3v) is 8.36. The van der Waals surface area contributed by atoms with Gasteiger partial charge in [0.2, 0.25) is 11.9 Å². The molecule has 238 valence electrons. The Bertz CT molecular complexity index is 1530. The van der Waals surface area contributed by atoms with Crippen LogP contribution < -0.4 is 20.3 Å². The van der Waals surface area contributed by atoms with Gasteiger partial charge in [0.25, 0.3) is 5.56 Å². The van der Waals surface area contributed by atoms with Crippen molar-refractivity contribution in [2.24, 2.45) is 0 Å². The van der Waals surface area contributed by atoms with E-state index in [0.717, 1.165) is 19.6 Å². The second-order valence-corrected chi connectivity index (χ2v) is 11.0. The average Bonchev–Trinajstić information content (AvgIpc) is 3.03. The Morgan fingerprint density at radius 1 is 1.05 bits per heavy atom. The third kappa shape index (κ3) is 7.10. The highest BCUT2D eigenvalue weighted by molar-refractivity contribution is 6.41. The number of methoxy groups -OCH3 is 4. The predicted molar refractivity (Wildman–Crippen MR) is 171 cm³/mol. The lowest BCUT2D eigenvalue weighted by atomic mass is 10.0. The van der Waals surface area contributed by atoms with Crippen LogP contribution in [0.4, 0.5) is 5.95 Å². The van der Waals surface area contributed by atoms with E-state index in [0.29, 0.717) is 60.1 Å². The molecule has 0 radical (unpaired) electrons. The smallest absolute Gasteiger partial charge is 0.260 e. The van der Waals surface area contributed by atoms with Gasteiger partial charge in [-0.25, -0.2) is 4.98 Å². The summed E-state index contributed by atoms with van der Waals surface area (Å²) < 4.78 is 23.2. The van der Waals surface area contributed by atoms with E-state index in [1.54, 1.807) is 42.0 Å². The molecule has 1 amide bonds. The number of benzene rings is 1. The summed E-state index contributed by atoms with van der Waals surface area (Å²) >= 11 is 13.4. The molecule has 4 rings (SSSR count). The molecule has 3 aromatic rings. The first kappa shape index (κ1) is 33.5. The summed E-state index contributed by atoms with van der Waals surface area (Å²) in [5.41, 5.74) is 0.672. The molecule has 2 aromatic heterocycles. The Morgan fingerprint density at radius 2 is 1.68 bits per heavy atom. The zero-order valence-corrected chi connectivity index (χ0v) is 27.1. The van der Waals surface area contributed by atoms with E-state index < -0.39 is 6.29 Å². The van der Waals surface area contributed by atoms with E-state index in [2.05, 4.69) is 21.8 Å². The normalized spacial score (nSPS) is 14.6. The fraction of sp³-hybridized carbons (Fsp3) is 0.467. The van der Waals surface area contributed by atoms with Crippen molar-refractivity contribution >= 4 is 46.1 Å². The van der Waals surface area contributed by atoms with Crippen molar-refractivity contribution in [1.29, 1.82) is 0 Å². The summed E-state index contributed by atoms with van der Waals surface area (Å²) in [4.78, 5) is 39.5. The van der Waals surface area contributed by atoms with Crippen LogP contribution in [0.2, 0.25) is 10.0 Å². The fourth-order valence-corrected chi connectivity index (χ4v) is 5.99. The molecule has 1 saturated heterocycles. The van der Waals surface area contributed by atoms with Gasteiger partial charge in [0.15, 0.2) is 6.29 Å². The average molecular weight is 650 g/mol. The number of hydrogen-bond donors (Lipinski definition) is 1. The van der Waals surface area contributed by atoms with Crippen LogP contribution in [0.15, 0.2) is 35.8 Å². The maximum absolute atomic E-state index is 14.2. The number of piperazine rings is 1. The molecule has 3 heterocycles. The van der Waals surface area contributed by atoms with Crippen LogP contribution >= 0.6 is 23.2 Å². The first-order chi connectivity index (χ1) is 21.2. The predicted octanol–water partition coefficient (Wildman–Crippen LogP) is 3.92. The topological polar surface area (TPSA) is 120 Å². The van der Waals surface area contributed by atoms with Crippen molar-refractivity contribution in [3.05, 3.63) is 51.4 Å². The zero-order valence-electron chi connectivity index (χ0n) is 25.6. The van der Waals surface area contributed by atoms with E-state index >= 15 is 0 Å². The summed E-state index contributed by atoms with van der Waals surface area (Å²) in [7, 11) is 6.05. The first-order valence-corrected chi connectivity index (χ1v) is 14.9. The fourth-order valence-electron chi connectivity index (χ4n) is 5.29. The van der Waals surface area contributed by atoms with Gasteiger partial charge < -0.3 is 29.2 Å². The van der Waals surface area contributed by atoms with Crippen LogP contribution in [-0.2, 0) is 20.8 Å². The molecule has 1 unspecified atom stereocenters. The lowest BCUT2D eigenvalue weighted by Gasteiger charge is -2.34. The standard InChI is InChI=1S/C30H38Cl2N6O6/c1-7-23(39)37-13-11-36(12-14-37)9-8-10-38-27-19(17-33-30(35-27)34-18(2)29(43-5)44-6)15-20(28(38)40)24-25(31)21(41-3)16-22(42-4)26(24)32/h7,15-18,29H,1,8-14H2,2-6H3,(H,33,34,35). The lowest BCUT2D eigenvalue weighted by Crippen LogP contribution is -2.48. The van der Waals surface area contributed by atoms with E-state index in [4.69, 9.17) is 47.1 Å². The number of halogens is 2. The number of carbonyl (C=O) groups excluding carboxylic acids is 1. The van der Waals surface area contributed by atoms with E-state index in [9.17, 15) is 9.59 Å². The number of ether oxygens (including phenoxy) is 4. The molecule has 1 aliphatic heterocycles. The van der Waals surface area contributed by atoms with Crippen molar-refractivity contribution in [2.45, 2.75) is 32.2 Å². The van der Waals surface area contributed by atoms with Gasteiger partial charge in [0.05, 0.1) is 35.9 Å². The molecule has 1 atom stereocenters. The van der Waals surface area contributed by atoms with Gasteiger partial charge in [-0.15, -0.1) is 0 Å². The number of nitrogens with one attached hydrogen (secondary N) is 1. The van der Waals surface area contributed by atoms with Gasteiger partial charge in [-0.05, 0) is 32.0 Å². The van der Waals surface area contributed by atoms with Crippen molar-refractivity contribution in [3.63, 3.8) is 0 Å². The first-order valence-electron chi connectivity index (χ1n) is 14.1. The van der Waals surface area contributed by atoms with E-state index in [1.807, 2.05) is 6.92 Å². The molecule has 14 heteroatoms. The van der Waals surface area contributed by atoms with E-state index in [-0.39, 0.29) is 33.1 Å². The zero-order chi connectivity index (χ0) is 32.0. The summed E-state index contributed by atoms with van der Waals surface area (Å²) in [6.45, 7) is 9.26. The quantitative estimate of drug-likeness (QED) is 0.216. The lowest BCUT2D eigenvalue weighted by molar-refractivity contribution is -0.127. The molecule has 1 N–H and O–H groups in total. The van der Waals surface area contributed by atoms with Crippen LogP contribution in [0, 0.1) is 0 Å². The molecular formula is C30H38Cl2N6O6. The number of carbonyl (C=O) groups is 1. The third-order valence-electron chi connectivity index (χ3n) is 7.61. The van der Waals surface area contributed by atoms with E-state index in [1.165, 1.54) is 20.3 Å². The molecule has 1 aromatic carbocycles. The molecule has 0 bridgehead atoms. The summed E-state index contributed by atoms with van der Waals surface area (Å²) in [5.74, 6) is 0.885. The van der Waals surface area contributed by atoms with Crippen molar-refractivity contribution in [2.75, 3.05) is 66.5 Å². The minimum Gasteiger partial charge on any atom is -0.495 e. The summed E-state index contributed by atoms with van der Waals surface area (Å²) in [6, 6.07) is 2.97. The summed E-state index contributed by atoms with van der Waals surface area (Å²) in [6.07, 6.45) is 3.09.